The number of carboxylic acids is 1. The number of aliphatic carboxylic acids is 1. The highest BCUT2D eigenvalue weighted by Gasteiger charge is 2.21. The smallest absolute Gasteiger partial charge is 0.305 e. The van der Waals surface area contributed by atoms with Crippen molar-refractivity contribution in [3.05, 3.63) is 34.3 Å². The molecule has 17 heavy (non-hydrogen) atoms. The van der Waals surface area contributed by atoms with Gasteiger partial charge in [-0.3, -0.25) is 4.79 Å². The zero-order valence-electron chi connectivity index (χ0n) is 9.71. The van der Waals surface area contributed by atoms with Crippen molar-refractivity contribution in [3.8, 4) is 0 Å². The Hall–Kier alpha value is -1.13. The third-order valence-electron chi connectivity index (χ3n) is 2.48. The number of nitrogens with two attached hydrogens (primary N) is 1. The predicted molar refractivity (Wildman–Crippen MR) is 64.8 cm³/mol. The Morgan fingerprint density at radius 2 is 2.18 bits per heavy atom. The molecule has 0 radical (unpaired) electrons. The van der Waals surface area contributed by atoms with E-state index in [0.29, 0.717) is 16.1 Å². The van der Waals surface area contributed by atoms with Crippen LogP contribution in [0.25, 0.3) is 0 Å². The summed E-state index contributed by atoms with van der Waals surface area (Å²) >= 11 is 5.97. The van der Waals surface area contributed by atoms with Gasteiger partial charge in [-0.05, 0) is 31.0 Å². The summed E-state index contributed by atoms with van der Waals surface area (Å²) in [5.41, 5.74) is 5.16. The predicted octanol–water partition coefficient (Wildman–Crippen LogP) is 3.02. The number of hydrogen-bond acceptors (Lipinski definition) is 2. The zero-order valence-corrected chi connectivity index (χ0v) is 10.5. The van der Waals surface area contributed by atoms with Gasteiger partial charge >= 0.3 is 5.97 Å². The van der Waals surface area contributed by atoms with E-state index >= 15 is 0 Å². The van der Waals surface area contributed by atoms with Gasteiger partial charge in [-0.25, -0.2) is 4.39 Å². The quantitative estimate of drug-likeness (QED) is 0.874. The van der Waals surface area contributed by atoms with Crippen LogP contribution in [-0.2, 0) is 10.5 Å². The largest absolute Gasteiger partial charge is 0.481 e. The standard InChI is InChI=1S/C12H15ClFNO2/c1-12(2,14)7-3-4-8(9(13)5-7)10(15)6-11(16)17/h3-5,10H,6,15H2,1-2H3,(H,16,17). The third kappa shape index (κ3) is 3.68. The second kappa shape index (κ2) is 5.02. The summed E-state index contributed by atoms with van der Waals surface area (Å²) < 4.78 is 13.7. The maximum absolute atomic E-state index is 13.7. The van der Waals surface area contributed by atoms with E-state index < -0.39 is 17.7 Å². The van der Waals surface area contributed by atoms with Gasteiger partial charge in [0.1, 0.15) is 5.67 Å². The molecule has 0 aliphatic carbocycles. The Labute approximate surface area is 104 Å². The highest BCUT2D eigenvalue weighted by Crippen LogP contribution is 2.31. The first-order valence-electron chi connectivity index (χ1n) is 5.18. The molecule has 3 N–H and O–H groups in total. The van der Waals surface area contributed by atoms with E-state index in [-0.39, 0.29) is 6.42 Å². The molecule has 0 bridgehead atoms. The topological polar surface area (TPSA) is 63.3 Å². The van der Waals surface area contributed by atoms with Gasteiger partial charge in [0.15, 0.2) is 0 Å². The minimum atomic E-state index is -1.49. The summed E-state index contributed by atoms with van der Waals surface area (Å²) in [5.74, 6) is -0.997. The normalized spacial score (nSPS) is 13.5. The lowest BCUT2D eigenvalue weighted by Gasteiger charge is -2.18. The van der Waals surface area contributed by atoms with Crippen LogP contribution in [-0.4, -0.2) is 11.1 Å². The van der Waals surface area contributed by atoms with Crippen LogP contribution >= 0.6 is 11.6 Å². The zero-order chi connectivity index (χ0) is 13.2. The van der Waals surface area contributed by atoms with Crippen LogP contribution < -0.4 is 5.73 Å². The van der Waals surface area contributed by atoms with Gasteiger partial charge in [0.05, 0.1) is 6.42 Å². The number of carbonyl (C=O) groups is 1. The monoisotopic (exact) mass is 259 g/mol. The van der Waals surface area contributed by atoms with E-state index in [1.807, 2.05) is 0 Å². The molecule has 0 heterocycles. The molecule has 1 unspecified atom stereocenters. The van der Waals surface area contributed by atoms with E-state index in [0.717, 1.165) is 0 Å². The molecule has 1 aromatic rings. The summed E-state index contributed by atoms with van der Waals surface area (Å²) in [4.78, 5) is 10.5. The van der Waals surface area contributed by atoms with Crippen LogP contribution in [0.4, 0.5) is 4.39 Å². The van der Waals surface area contributed by atoms with Crippen molar-refractivity contribution in [2.24, 2.45) is 5.73 Å². The summed E-state index contributed by atoms with van der Waals surface area (Å²) in [5, 5.41) is 8.93. The van der Waals surface area contributed by atoms with E-state index in [2.05, 4.69) is 0 Å². The first-order chi connectivity index (χ1) is 7.71. The van der Waals surface area contributed by atoms with Gasteiger partial charge in [0.2, 0.25) is 0 Å². The first kappa shape index (κ1) is 13.9. The van der Waals surface area contributed by atoms with E-state index in [9.17, 15) is 9.18 Å². The fourth-order valence-electron chi connectivity index (χ4n) is 1.50. The summed E-state index contributed by atoms with van der Waals surface area (Å²) in [6.07, 6.45) is -0.210. The second-order valence-electron chi connectivity index (χ2n) is 4.41. The van der Waals surface area contributed by atoms with Crippen LogP contribution in [0.1, 0.15) is 37.4 Å². The van der Waals surface area contributed by atoms with Crippen LogP contribution in [0.2, 0.25) is 5.02 Å². The number of benzene rings is 1. The lowest BCUT2D eigenvalue weighted by molar-refractivity contribution is -0.137. The van der Waals surface area contributed by atoms with E-state index in [1.165, 1.54) is 19.9 Å². The molecular formula is C12H15ClFNO2. The maximum Gasteiger partial charge on any atom is 0.305 e. The Bertz CT molecular complexity index is 429. The van der Waals surface area contributed by atoms with Crippen molar-refractivity contribution < 1.29 is 14.3 Å². The molecule has 0 saturated heterocycles. The molecule has 0 aliphatic heterocycles. The van der Waals surface area contributed by atoms with Crippen LogP contribution in [0, 0.1) is 0 Å². The fourth-order valence-corrected chi connectivity index (χ4v) is 1.82. The minimum Gasteiger partial charge on any atom is -0.481 e. The average Bonchev–Trinajstić information content (AvgIpc) is 2.14. The molecule has 1 atom stereocenters. The fraction of sp³-hybridized carbons (Fsp3) is 0.417. The number of halogens is 2. The number of hydrogen-bond donors (Lipinski definition) is 2. The lowest BCUT2D eigenvalue weighted by atomic mass is 9.96. The Morgan fingerprint density at radius 3 is 2.59 bits per heavy atom. The molecular weight excluding hydrogens is 245 g/mol. The highest BCUT2D eigenvalue weighted by molar-refractivity contribution is 6.31. The maximum atomic E-state index is 13.7. The molecule has 0 fully saturated rings. The van der Waals surface area contributed by atoms with E-state index in [4.69, 9.17) is 22.4 Å². The number of alkyl halides is 1. The molecule has 0 aliphatic rings. The lowest BCUT2D eigenvalue weighted by Crippen LogP contribution is -2.16. The molecule has 0 spiro atoms. The Kier molecular flexibility index (Phi) is 4.11. The van der Waals surface area contributed by atoms with Gasteiger partial charge in [0.25, 0.3) is 0 Å². The highest BCUT2D eigenvalue weighted by atomic mass is 35.5. The van der Waals surface area contributed by atoms with Crippen LogP contribution in [0.15, 0.2) is 18.2 Å². The SMILES string of the molecule is CC(C)(F)c1ccc(C(N)CC(=O)O)c(Cl)c1. The first-order valence-corrected chi connectivity index (χ1v) is 5.56. The summed E-state index contributed by atoms with van der Waals surface area (Å²) in [6.45, 7) is 2.85. The molecule has 1 aromatic carbocycles. The van der Waals surface area contributed by atoms with Gasteiger partial charge in [-0.1, -0.05) is 23.7 Å². The van der Waals surface area contributed by atoms with Crippen LogP contribution in [0.5, 0.6) is 0 Å². The van der Waals surface area contributed by atoms with Crippen molar-refractivity contribution in [3.63, 3.8) is 0 Å². The number of rotatable bonds is 4. The summed E-state index contributed by atoms with van der Waals surface area (Å²) in [6, 6.07) is 3.95. The molecule has 1 rings (SSSR count). The van der Waals surface area contributed by atoms with Crippen molar-refractivity contribution in [2.45, 2.75) is 32.0 Å². The van der Waals surface area contributed by atoms with Crippen molar-refractivity contribution in [2.75, 3.05) is 0 Å². The molecule has 5 heteroatoms. The van der Waals surface area contributed by atoms with Gasteiger partial charge in [-0.2, -0.15) is 0 Å². The Balaban J connectivity index is 3.02. The molecule has 3 nitrogen and oxygen atoms in total. The minimum absolute atomic E-state index is 0.210. The van der Waals surface area contributed by atoms with Crippen molar-refractivity contribution in [1.29, 1.82) is 0 Å². The van der Waals surface area contributed by atoms with E-state index in [1.54, 1.807) is 12.1 Å². The van der Waals surface area contributed by atoms with Crippen molar-refractivity contribution >= 4 is 17.6 Å². The summed E-state index contributed by atoms with van der Waals surface area (Å²) in [7, 11) is 0. The molecule has 0 amide bonds. The second-order valence-corrected chi connectivity index (χ2v) is 4.82. The molecule has 0 aromatic heterocycles. The Morgan fingerprint density at radius 1 is 1.59 bits per heavy atom. The number of carboxylic acid groups (broad SMARTS) is 1. The molecule has 0 saturated carbocycles. The van der Waals surface area contributed by atoms with Gasteiger partial charge in [-0.15, -0.1) is 0 Å². The van der Waals surface area contributed by atoms with Crippen molar-refractivity contribution in [1.82, 2.24) is 0 Å². The van der Waals surface area contributed by atoms with Gasteiger partial charge < -0.3 is 10.8 Å². The average molecular weight is 260 g/mol. The van der Waals surface area contributed by atoms with Crippen LogP contribution in [0.3, 0.4) is 0 Å². The van der Waals surface area contributed by atoms with Gasteiger partial charge in [0, 0.05) is 11.1 Å². The molecule has 94 valence electrons. The third-order valence-corrected chi connectivity index (χ3v) is 2.81.